The summed E-state index contributed by atoms with van der Waals surface area (Å²) in [6.45, 7) is 7.97. The third kappa shape index (κ3) is 7.39. The fourth-order valence-electron chi connectivity index (χ4n) is 2.18. The van der Waals surface area contributed by atoms with Gasteiger partial charge in [-0.05, 0) is 20.3 Å². The Balaban J connectivity index is 2.37. The van der Waals surface area contributed by atoms with E-state index in [4.69, 9.17) is 10.5 Å². The molecule has 24 heavy (non-hydrogen) atoms. The SMILES string of the molecule is CCC[C@H](N)C(=O)Nc1cn([C@@H](C)CNCC(O)COCC)cn1. The molecule has 0 spiro atoms. The predicted octanol–water partition coefficient (Wildman–Crippen LogP) is 0.497. The monoisotopic (exact) mass is 341 g/mol. The highest BCUT2D eigenvalue weighted by molar-refractivity contribution is 5.93. The number of hydrogen-bond donors (Lipinski definition) is 4. The van der Waals surface area contributed by atoms with E-state index in [2.05, 4.69) is 15.6 Å². The van der Waals surface area contributed by atoms with Gasteiger partial charge < -0.3 is 30.8 Å². The molecule has 1 aromatic rings. The summed E-state index contributed by atoms with van der Waals surface area (Å²) >= 11 is 0. The third-order valence-electron chi connectivity index (χ3n) is 3.63. The first-order valence-corrected chi connectivity index (χ1v) is 8.54. The maximum atomic E-state index is 11.9. The highest BCUT2D eigenvalue weighted by Crippen LogP contribution is 2.10. The number of imidazole rings is 1. The molecule has 138 valence electrons. The van der Waals surface area contributed by atoms with Gasteiger partial charge in [-0.1, -0.05) is 13.3 Å². The number of aliphatic hydroxyl groups excluding tert-OH is 1. The van der Waals surface area contributed by atoms with Crippen molar-refractivity contribution in [3.8, 4) is 0 Å². The number of hydrogen-bond acceptors (Lipinski definition) is 6. The van der Waals surface area contributed by atoms with E-state index in [1.807, 2.05) is 25.3 Å². The number of amides is 1. The van der Waals surface area contributed by atoms with Crippen LogP contribution >= 0.6 is 0 Å². The number of carbonyl (C=O) groups excluding carboxylic acids is 1. The van der Waals surface area contributed by atoms with Crippen LogP contribution in [-0.2, 0) is 9.53 Å². The molecule has 0 saturated carbocycles. The molecule has 0 aliphatic rings. The van der Waals surface area contributed by atoms with E-state index < -0.39 is 12.1 Å². The van der Waals surface area contributed by atoms with Crippen LogP contribution < -0.4 is 16.4 Å². The van der Waals surface area contributed by atoms with Crippen molar-refractivity contribution < 1.29 is 14.6 Å². The van der Waals surface area contributed by atoms with Crippen LogP contribution in [0.5, 0.6) is 0 Å². The minimum Gasteiger partial charge on any atom is -0.389 e. The van der Waals surface area contributed by atoms with Crippen LogP contribution in [0.3, 0.4) is 0 Å². The second-order valence-electron chi connectivity index (χ2n) is 5.91. The van der Waals surface area contributed by atoms with Crippen molar-refractivity contribution >= 4 is 11.7 Å². The van der Waals surface area contributed by atoms with Gasteiger partial charge >= 0.3 is 0 Å². The average Bonchev–Trinajstić information content (AvgIpc) is 3.01. The zero-order valence-corrected chi connectivity index (χ0v) is 14.9. The number of nitrogens with one attached hydrogen (secondary N) is 2. The summed E-state index contributed by atoms with van der Waals surface area (Å²) in [6, 6.07) is -0.377. The molecular formula is C16H31N5O3. The summed E-state index contributed by atoms with van der Waals surface area (Å²) < 4.78 is 7.06. The normalized spacial score (nSPS) is 15.0. The molecule has 3 atom stereocenters. The Hall–Kier alpha value is -1.48. The van der Waals surface area contributed by atoms with Crippen LogP contribution in [0.15, 0.2) is 12.5 Å². The largest absolute Gasteiger partial charge is 0.389 e. The Bertz CT molecular complexity index is 480. The van der Waals surface area contributed by atoms with E-state index in [9.17, 15) is 9.90 Å². The zero-order chi connectivity index (χ0) is 17.9. The van der Waals surface area contributed by atoms with Crippen LogP contribution in [0.25, 0.3) is 0 Å². The molecule has 0 saturated heterocycles. The van der Waals surface area contributed by atoms with Crippen molar-refractivity contribution in [2.75, 3.05) is 31.6 Å². The molecule has 1 aromatic heterocycles. The van der Waals surface area contributed by atoms with E-state index >= 15 is 0 Å². The van der Waals surface area contributed by atoms with Crippen LogP contribution in [-0.4, -0.2) is 59.0 Å². The number of aromatic nitrogens is 2. The number of carbonyl (C=O) groups is 1. The van der Waals surface area contributed by atoms with Crippen molar-refractivity contribution in [3.05, 3.63) is 12.5 Å². The maximum absolute atomic E-state index is 11.9. The first-order chi connectivity index (χ1) is 11.5. The van der Waals surface area contributed by atoms with Gasteiger partial charge in [0.25, 0.3) is 0 Å². The van der Waals surface area contributed by atoms with E-state index in [1.165, 1.54) is 0 Å². The molecule has 8 nitrogen and oxygen atoms in total. The molecule has 0 aliphatic carbocycles. The lowest BCUT2D eigenvalue weighted by Gasteiger charge is -2.16. The third-order valence-corrected chi connectivity index (χ3v) is 3.63. The van der Waals surface area contributed by atoms with Crippen molar-refractivity contribution in [3.63, 3.8) is 0 Å². The lowest BCUT2D eigenvalue weighted by Crippen LogP contribution is -2.35. The van der Waals surface area contributed by atoms with Gasteiger partial charge in [-0.3, -0.25) is 4.79 Å². The van der Waals surface area contributed by atoms with Crippen LogP contribution in [0.2, 0.25) is 0 Å². The maximum Gasteiger partial charge on any atom is 0.242 e. The van der Waals surface area contributed by atoms with Gasteiger partial charge in [0.2, 0.25) is 5.91 Å². The number of aliphatic hydroxyl groups is 1. The number of ether oxygens (including phenoxy) is 1. The number of anilines is 1. The van der Waals surface area contributed by atoms with Gasteiger partial charge in [0.15, 0.2) is 5.82 Å². The first kappa shape index (κ1) is 20.6. The van der Waals surface area contributed by atoms with Crippen molar-refractivity contribution in [1.82, 2.24) is 14.9 Å². The van der Waals surface area contributed by atoms with Crippen LogP contribution in [0, 0.1) is 0 Å². The van der Waals surface area contributed by atoms with Crippen LogP contribution in [0.4, 0.5) is 5.82 Å². The second-order valence-corrected chi connectivity index (χ2v) is 5.91. The second kappa shape index (κ2) is 11.1. The molecule has 0 bridgehead atoms. The topological polar surface area (TPSA) is 114 Å². The van der Waals surface area contributed by atoms with Gasteiger partial charge in [0.05, 0.1) is 25.1 Å². The van der Waals surface area contributed by atoms with Gasteiger partial charge in [-0.2, -0.15) is 0 Å². The van der Waals surface area contributed by atoms with E-state index in [1.54, 1.807) is 12.5 Å². The molecule has 1 rings (SSSR count). The molecule has 1 unspecified atom stereocenters. The molecule has 8 heteroatoms. The van der Waals surface area contributed by atoms with Gasteiger partial charge in [0.1, 0.15) is 0 Å². The van der Waals surface area contributed by atoms with Gasteiger partial charge in [-0.15, -0.1) is 0 Å². The molecule has 5 N–H and O–H groups in total. The summed E-state index contributed by atoms with van der Waals surface area (Å²) in [5, 5.41) is 15.6. The standard InChI is InChI=1S/C16H31N5O3/c1-4-6-14(17)16(23)20-15-9-21(11-19-15)12(3)7-18-8-13(22)10-24-5-2/h9,11-14,18,22H,4-8,10,17H2,1-3H3,(H,20,23)/t12-,13?,14-/m0/s1. The van der Waals surface area contributed by atoms with Crippen molar-refractivity contribution in [2.45, 2.75) is 51.8 Å². The average molecular weight is 341 g/mol. The van der Waals surface area contributed by atoms with Gasteiger partial charge in [-0.25, -0.2) is 4.98 Å². The number of nitrogens with zero attached hydrogens (tertiary/aromatic N) is 2. The summed E-state index contributed by atoms with van der Waals surface area (Å²) in [5.41, 5.74) is 5.78. The molecule has 0 aliphatic heterocycles. The Kier molecular flexibility index (Phi) is 9.55. The fourth-order valence-corrected chi connectivity index (χ4v) is 2.18. The highest BCUT2D eigenvalue weighted by atomic mass is 16.5. The molecule has 1 heterocycles. The van der Waals surface area contributed by atoms with Crippen LogP contribution in [0.1, 0.15) is 39.7 Å². The Morgan fingerprint density at radius 2 is 2.21 bits per heavy atom. The van der Waals surface area contributed by atoms with E-state index in [0.717, 1.165) is 6.42 Å². The summed E-state index contributed by atoms with van der Waals surface area (Å²) in [5.74, 6) is 0.279. The quantitative estimate of drug-likeness (QED) is 0.440. The Morgan fingerprint density at radius 3 is 2.88 bits per heavy atom. The van der Waals surface area contributed by atoms with E-state index in [-0.39, 0.29) is 11.9 Å². The summed E-state index contributed by atoms with van der Waals surface area (Å²) in [4.78, 5) is 16.1. The minimum atomic E-state index is -0.519. The highest BCUT2D eigenvalue weighted by Gasteiger charge is 2.14. The number of nitrogens with two attached hydrogens (primary N) is 1. The molecule has 1 amide bonds. The summed E-state index contributed by atoms with van der Waals surface area (Å²) in [6.07, 6.45) is 4.44. The van der Waals surface area contributed by atoms with Crippen molar-refractivity contribution in [2.24, 2.45) is 5.73 Å². The summed E-state index contributed by atoms with van der Waals surface area (Å²) in [7, 11) is 0. The minimum absolute atomic E-state index is 0.131. The Labute approximate surface area is 143 Å². The van der Waals surface area contributed by atoms with Gasteiger partial charge in [0, 0.05) is 31.9 Å². The lowest BCUT2D eigenvalue weighted by molar-refractivity contribution is -0.117. The molecular weight excluding hydrogens is 310 g/mol. The molecule has 0 fully saturated rings. The smallest absolute Gasteiger partial charge is 0.242 e. The molecule has 0 radical (unpaired) electrons. The Morgan fingerprint density at radius 1 is 1.46 bits per heavy atom. The molecule has 0 aromatic carbocycles. The lowest BCUT2D eigenvalue weighted by atomic mass is 10.2. The fraction of sp³-hybridized carbons (Fsp3) is 0.750. The number of rotatable bonds is 12. The van der Waals surface area contributed by atoms with E-state index in [0.29, 0.717) is 38.5 Å². The zero-order valence-electron chi connectivity index (χ0n) is 14.9. The van der Waals surface area contributed by atoms with Crippen molar-refractivity contribution in [1.29, 1.82) is 0 Å². The predicted molar refractivity (Wildman–Crippen MR) is 93.8 cm³/mol. The first-order valence-electron chi connectivity index (χ1n) is 8.54.